The first kappa shape index (κ1) is 13.0. The van der Waals surface area contributed by atoms with E-state index in [1.807, 2.05) is 0 Å². The van der Waals surface area contributed by atoms with Gasteiger partial charge in [0.05, 0.1) is 0 Å². The van der Waals surface area contributed by atoms with Crippen LogP contribution in [0.25, 0.3) is 0 Å². The predicted molar refractivity (Wildman–Crippen MR) is 68.2 cm³/mol. The molecular weight excluding hydrogens is 182 g/mol. The Morgan fingerprint density at radius 2 is 1.53 bits per heavy atom. The van der Waals surface area contributed by atoms with Crippen LogP contribution in [0.2, 0.25) is 0 Å². The summed E-state index contributed by atoms with van der Waals surface area (Å²) in [4.78, 5) is 0. The molecule has 0 saturated heterocycles. The van der Waals surface area contributed by atoms with Gasteiger partial charge in [-0.25, -0.2) is 0 Å². The maximum atomic E-state index is 3.56. The summed E-state index contributed by atoms with van der Waals surface area (Å²) in [6.07, 6.45) is 14.4. The molecule has 1 N–H and O–H groups in total. The zero-order chi connectivity index (χ0) is 10.8. The quantitative estimate of drug-likeness (QED) is 0.507. The number of rotatable bonds is 11. The van der Waals surface area contributed by atoms with Gasteiger partial charge < -0.3 is 5.32 Å². The Hall–Kier alpha value is -0.0400. The van der Waals surface area contributed by atoms with Crippen molar-refractivity contribution in [3.05, 3.63) is 0 Å². The minimum absolute atomic E-state index is 1.11. The van der Waals surface area contributed by atoms with E-state index >= 15 is 0 Å². The molecule has 1 heteroatoms. The molecule has 1 aliphatic rings. The highest BCUT2D eigenvalue weighted by Crippen LogP contribution is 2.33. The molecule has 0 aromatic carbocycles. The number of hydrogen-bond donors (Lipinski definition) is 1. The van der Waals surface area contributed by atoms with Crippen LogP contribution < -0.4 is 5.32 Å². The Morgan fingerprint density at radius 1 is 0.867 bits per heavy atom. The summed E-state index contributed by atoms with van der Waals surface area (Å²) in [6.45, 7) is 4.78. The SMILES string of the molecule is CCCCCCCCNCCCC1CC1. The van der Waals surface area contributed by atoms with Crippen LogP contribution in [0, 0.1) is 5.92 Å². The fourth-order valence-electron chi connectivity index (χ4n) is 2.08. The van der Waals surface area contributed by atoms with Gasteiger partial charge in [-0.2, -0.15) is 0 Å². The monoisotopic (exact) mass is 211 g/mol. The normalized spacial score (nSPS) is 15.8. The Kier molecular flexibility index (Phi) is 7.99. The zero-order valence-electron chi connectivity index (χ0n) is 10.6. The molecule has 15 heavy (non-hydrogen) atoms. The summed E-state index contributed by atoms with van der Waals surface area (Å²) in [7, 11) is 0. The van der Waals surface area contributed by atoms with Crippen LogP contribution in [-0.4, -0.2) is 13.1 Å². The smallest absolute Gasteiger partial charge is 0.00488 e. The molecule has 0 amide bonds. The lowest BCUT2D eigenvalue weighted by atomic mass is 10.1. The van der Waals surface area contributed by atoms with Crippen molar-refractivity contribution in [2.75, 3.05) is 13.1 Å². The van der Waals surface area contributed by atoms with E-state index in [-0.39, 0.29) is 0 Å². The summed E-state index contributed by atoms with van der Waals surface area (Å²) in [6, 6.07) is 0. The molecule has 0 spiro atoms. The van der Waals surface area contributed by atoms with Crippen LogP contribution in [-0.2, 0) is 0 Å². The van der Waals surface area contributed by atoms with E-state index in [2.05, 4.69) is 12.2 Å². The van der Waals surface area contributed by atoms with E-state index in [0.717, 1.165) is 5.92 Å². The maximum absolute atomic E-state index is 3.56. The fraction of sp³-hybridized carbons (Fsp3) is 1.00. The molecule has 0 atom stereocenters. The molecule has 0 aromatic rings. The van der Waals surface area contributed by atoms with E-state index in [1.54, 1.807) is 0 Å². The highest BCUT2D eigenvalue weighted by atomic mass is 14.8. The summed E-state index contributed by atoms with van der Waals surface area (Å²) in [5.41, 5.74) is 0. The Bertz CT molecular complexity index is 129. The van der Waals surface area contributed by atoms with Crippen LogP contribution in [0.15, 0.2) is 0 Å². The van der Waals surface area contributed by atoms with Gasteiger partial charge in [-0.3, -0.25) is 0 Å². The minimum atomic E-state index is 1.11. The van der Waals surface area contributed by atoms with Crippen molar-refractivity contribution in [2.45, 2.75) is 71.1 Å². The first-order valence-electron chi connectivity index (χ1n) is 7.14. The lowest BCUT2D eigenvalue weighted by molar-refractivity contribution is 0.549. The lowest BCUT2D eigenvalue weighted by Crippen LogP contribution is -2.16. The molecule has 0 bridgehead atoms. The van der Waals surface area contributed by atoms with Gasteiger partial charge in [-0.05, 0) is 38.3 Å². The van der Waals surface area contributed by atoms with Gasteiger partial charge in [-0.1, -0.05) is 51.9 Å². The number of hydrogen-bond acceptors (Lipinski definition) is 1. The summed E-state index contributed by atoms with van der Waals surface area (Å²) < 4.78 is 0. The Balaban J connectivity index is 1.62. The third-order valence-electron chi connectivity index (χ3n) is 3.37. The van der Waals surface area contributed by atoms with Gasteiger partial charge in [0.1, 0.15) is 0 Å². The van der Waals surface area contributed by atoms with Gasteiger partial charge in [0.25, 0.3) is 0 Å². The van der Waals surface area contributed by atoms with Gasteiger partial charge in [0.2, 0.25) is 0 Å². The van der Waals surface area contributed by atoms with Gasteiger partial charge in [-0.15, -0.1) is 0 Å². The predicted octanol–water partition coefficient (Wildman–Crippen LogP) is 4.13. The molecular formula is C14H29N. The van der Waals surface area contributed by atoms with Crippen LogP contribution in [0.5, 0.6) is 0 Å². The van der Waals surface area contributed by atoms with Crippen molar-refractivity contribution >= 4 is 0 Å². The van der Waals surface area contributed by atoms with E-state index in [4.69, 9.17) is 0 Å². The summed E-state index contributed by atoms with van der Waals surface area (Å²) in [5, 5.41) is 3.56. The van der Waals surface area contributed by atoms with Crippen molar-refractivity contribution in [1.82, 2.24) is 5.32 Å². The zero-order valence-corrected chi connectivity index (χ0v) is 10.6. The topological polar surface area (TPSA) is 12.0 Å². The molecule has 0 heterocycles. The highest BCUT2D eigenvalue weighted by molar-refractivity contribution is 4.72. The van der Waals surface area contributed by atoms with Crippen molar-refractivity contribution < 1.29 is 0 Å². The second-order valence-corrected chi connectivity index (χ2v) is 5.10. The van der Waals surface area contributed by atoms with Crippen LogP contribution >= 0.6 is 0 Å². The number of nitrogens with one attached hydrogen (secondary N) is 1. The third-order valence-corrected chi connectivity index (χ3v) is 3.37. The summed E-state index contributed by atoms with van der Waals surface area (Å²) >= 11 is 0. The first-order chi connectivity index (χ1) is 7.43. The van der Waals surface area contributed by atoms with Crippen LogP contribution in [0.1, 0.15) is 71.1 Å². The molecule has 0 radical (unpaired) electrons. The number of unbranched alkanes of at least 4 members (excludes halogenated alkanes) is 5. The van der Waals surface area contributed by atoms with Crippen molar-refractivity contribution in [1.29, 1.82) is 0 Å². The minimum Gasteiger partial charge on any atom is -0.317 e. The average molecular weight is 211 g/mol. The van der Waals surface area contributed by atoms with E-state index in [9.17, 15) is 0 Å². The van der Waals surface area contributed by atoms with E-state index in [1.165, 1.54) is 77.3 Å². The van der Waals surface area contributed by atoms with Crippen LogP contribution in [0.3, 0.4) is 0 Å². The average Bonchev–Trinajstić information content (AvgIpc) is 3.05. The standard InChI is InChI=1S/C14H29N/c1-2-3-4-5-6-7-12-15-13-8-9-14-10-11-14/h14-15H,2-13H2,1H3. The van der Waals surface area contributed by atoms with Gasteiger partial charge in [0.15, 0.2) is 0 Å². The van der Waals surface area contributed by atoms with E-state index < -0.39 is 0 Å². The molecule has 90 valence electrons. The molecule has 0 unspecified atom stereocenters. The largest absolute Gasteiger partial charge is 0.317 e. The van der Waals surface area contributed by atoms with E-state index in [0.29, 0.717) is 0 Å². The first-order valence-corrected chi connectivity index (χ1v) is 7.14. The molecule has 0 aliphatic heterocycles. The molecule has 1 fully saturated rings. The van der Waals surface area contributed by atoms with Crippen molar-refractivity contribution in [3.8, 4) is 0 Å². The summed E-state index contributed by atoms with van der Waals surface area (Å²) in [5.74, 6) is 1.11. The van der Waals surface area contributed by atoms with Crippen molar-refractivity contribution in [3.63, 3.8) is 0 Å². The fourth-order valence-corrected chi connectivity index (χ4v) is 2.08. The van der Waals surface area contributed by atoms with Crippen molar-refractivity contribution in [2.24, 2.45) is 5.92 Å². The lowest BCUT2D eigenvalue weighted by Gasteiger charge is -2.04. The second-order valence-electron chi connectivity index (χ2n) is 5.10. The maximum Gasteiger partial charge on any atom is -0.00488 e. The highest BCUT2D eigenvalue weighted by Gasteiger charge is 2.19. The van der Waals surface area contributed by atoms with Crippen LogP contribution in [0.4, 0.5) is 0 Å². The molecule has 1 rings (SSSR count). The van der Waals surface area contributed by atoms with Gasteiger partial charge in [0, 0.05) is 0 Å². The van der Waals surface area contributed by atoms with Gasteiger partial charge >= 0.3 is 0 Å². The Labute approximate surface area is 96.0 Å². The third kappa shape index (κ3) is 8.92. The second kappa shape index (κ2) is 9.21. The molecule has 0 aromatic heterocycles. The Morgan fingerprint density at radius 3 is 2.27 bits per heavy atom. The molecule has 1 aliphatic carbocycles. The molecule has 1 saturated carbocycles. The molecule has 1 nitrogen and oxygen atoms in total.